The van der Waals surface area contributed by atoms with E-state index >= 15 is 0 Å². The number of fused-ring (bicyclic) bond motifs is 4. The van der Waals surface area contributed by atoms with E-state index in [1.165, 1.54) is 11.1 Å². The number of hydrogen-bond donors (Lipinski definition) is 2. The zero-order valence-corrected chi connectivity index (χ0v) is 19.2. The molecule has 0 aromatic heterocycles. The largest absolute Gasteiger partial charge is 0.478 e. The topological polar surface area (TPSA) is 95.9 Å². The summed E-state index contributed by atoms with van der Waals surface area (Å²) in [4.78, 5) is 37.7. The number of nitrogens with one attached hydrogen (secondary N) is 1. The molecule has 1 aliphatic heterocycles. The predicted molar refractivity (Wildman–Crippen MR) is 130 cm³/mol. The second-order valence-electron chi connectivity index (χ2n) is 8.89. The minimum absolute atomic E-state index is 0.00756. The molecule has 2 N–H and O–H groups in total. The van der Waals surface area contributed by atoms with Crippen LogP contribution < -0.4 is 5.32 Å². The molecule has 5 rings (SSSR count). The van der Waals surface area contributed by atoms with Crippen molar-refractivity contribution in [1.82, 2.24) is 10.2 Å². The summed E-state index contributed by atoms with van der Waals surface area (Å²) in [6.45, 7) is 1.48. The second-order valence-corrected chi connectivity index (χ2v) is 8.89. The summed E-state index contributed by atoms with van der Waals surface area (Å²) in [6.07, 6.45) is 0.300. The number of ether oxygens (including phenoxy) is 1. The standard InChI is InChI=1S/C28H26N2O5/c31-26(30-15-19-12-11-18(27(32)33)14-20(19)16-30)10-5-13-29-28(34)35-17-25-23-8-3-1-6-21(23)22-7-2-4-9-24(22)25/h1-4,6-9,11-12,14,25H,5,10,13,15-17H2,(H,29,34)(H,32,33). The number of hydrogen-bond acceptors (Lipinski definition) is 4. The maximum atomic E-state index is 12.6. The lowest BCUT2D eigenvalue weighted by molar-refractivity contribution is -0.131. The highest BCUT2D eigenvalue weighted by atomic mass is 16.5. The maximum Gasteiger partial charge on any atom is 0.407 e. The highest BCUT2D eigenvalue weighted by Gasteiger charge is 2.29. The molecule has 7 nitrogen and oxygen atoms in total. The monoisotopic (exact) mass is 470 g/mol. The molecule has 0 unspecified atom stereocenters. The average molecular weight is 471 g/mol. The summed E-state index contributed by atoms with van der Waals surface area (Å²) in [6, 6.07) is 21.3. The lowest BCUT2D eigenvalue weighted by atomic mass is 9.98. The van der Waals surface area contributed by atoms with Crippen molar-refractivity contribution in [2.75, 3.05) is 13.2 Å². The summed E-state index contributed by atoms with van der Waals surface area (Å²) in [5.74, 6) is -0.988. The molecule has 0 saturated heterocycles. The molecule has 35 heavy (non-hydrogen) atoms. The smallest absolute Gasteiger partial charge is 0.407 e. The molecule has 2 amide bonds. The molecule has 0 bridgehead atoms. The van der Waals surface area contributed by atoms with E-state index in [0.29, 0.717) is 32.5 Å². The van der Waals surface area contributed by atoms with Crippen LogP contribution in [0.5, 0.6) is 0 Å². The first-order chi connectivity index (χ1) is 17.0. The van der Waals surface area contributed by atoms with Crippen LogP contribution in [0, 0.1) is 0 Å². The zero-order valence-electron chi connectivity index (χ0n) is 19.2. The first kappa shape index (κ1) is 22.7. The van der Waals surface area contributed by atoms with Gasteiger partial charge in [-0.3, -0.25) is 4.79 Å². The number of carbonyl (C=O) groups is 3. The number of carbonyl (C=O) groups excluding carboxylic acids is 2. The van der Waals surface area contributed by atoms with Gasteiger partial charge in [-0.15, -0.1) is 0 Å². The van der Waals surface area contributed by atoms with Crippen molar-refractivity contribution in [2.45, 2.75) is 31.8 Å². The van der Waals surface area contributed by atoms with Gasteiger partial charge >= 0.3 is 12.1 Å². The zero-order chi connectivity index (χ0) is 24.4. The van der Waals surface area contributed by atoms with E-state index in [1.54, 1.807) is 23.1 Å². The number of carboxylic acids is 1. The second kappa shape index (κ2) is 9.62. The van der Waals surface area contributed by atoms with Crippen LogP contribution in [-0.4, -0.2) is 41.1 Å². The molecular formula is C28H26N2O5. The van der Waals surface area contributed by atoms with E-state index in [9.17, 15) is 14.4 Å². The van der Waals surface area contributed by atoms with E-state index in [0.717, 1.165) is 22.3 Å². The summed E-state index contributed by atoms with van der Waals surface area (Å²) < 4.78 is 5.53. The van der Waals surface area contributed by atoms with Gasteiger partial charge in [0.15, 0.2) is 0 Å². The fraction of sp³-hybridized carbons (Fsp3) is 0.250. The number of aromatic carboxylic acids is 1. The number of carboxylic acid groups (broad SMARTS) is 1. The number of benzene rings is 3. The third-order valence-corrected chi connectivity index (χ3v) is 6.71. The van der Waals surface area contributed by atoms with E-state index in [4.69, 9.17) is 9.84 Å². The van der Waals surface area contributed by atoms with Crippen molar-refractivity contribution in [3.8, 4) is 11.1 Å². The normalized spacial score (nSPS) is 13.7. The molecular weight excluding hydrogens is 444 g/mol. The van der Waals surface area contributed by atoms with Gasteiger partial charge in [0.2, 0.25) is 5.91 Å². The number of nitrogens with zero attached hydrogens (tertiary/aromatic N) is 1. The van der Waals surface area contributed by atoms with Crippen LogP contribution in [0.15, 0.2) is 66.7 Å². The van der Waals surface area contributed by atoms with Gasteiger partial charge in [0.1, 0.15) is 6.61 Å². The van der Waals surface area contributed by atoms with Crippen molar-refractivity contribution < 1.29 is 24.2 Å². The Labute approximate surface area is 203 Å². The number of amides is 2. The SMILES string of the molecule is O=C(NCCCC(=O)N1Cc2ccc(C(=O)O)cc2C1)OCC1c2ccccc2-c2ccccc21. The van der Waals surface area contributed by atoms with E-state index in [-0.39, 0.29) is 24.0 Å². The van der Waals surface area contributed by atoms with Gasteiger partial charge < -0.3 is 20.1 Å². The molecule has 3 aromatic rings. The molecule has 1 heterocycles. The molecule has 0 spiro atoms. The van der Waals surface area contributed by atoms with Crippen LogP contribution >= 0.6 is 0 Å². The Morgan fingerprint density at radius 3 is 2.26 bits per heavy atom. The Kier molecular flexibility index (Phi) is 6.23. The van der Waals surface area contributed by atoms with Crippen LogP contribution in [0.25, 0.3) is 11.1 Å². The molecule has 7 heteroatoms. The van der Waals surface area contributed by atoms with E-state index < -0.39 is 12.1 Å². The van der Waals surface area contributed by atoms with E-state index in [1.807, 2.05) is 24.3 Å². The van der Waals surface area contributed by atoms with Gasteiger partial charge in [-0.1, -0.05) is 54.6 Å². The molecule has 0 saturated carbocycles. The van der Waals surface area contributed by atoms with Crippen LogP contribution in [0.2, 0.25) is 0 Å². The Bertz CT molecular complexity index is 1260. The van der Waals surface area contributed by atoms with Crippen LogP contribution in [-0.2, 0) is 22.6 Å². The average Bonchev–Trinajstić information content (AvgIpc) is 3.44. The summed E-state index contributed by atoms with van der Waals surface area (Å²) in [5.41, 5.74) is 6.75. The Hall–Kier alpha value is -4.13. The fourth-order valence-corrected chi connectivity index (χ4v) is 4.94. The maximum absolute atomic E-state index is 12.6. The Balaban J connectivity index is 1.07. The first-order valence-electron chi connectivity index (χ1n) is 11.7. The highest BCUT2D eigenvalue weighted by molar-refractivity contribution is 5.88. The molecule has 0 atom stereocenters. The van der Waals surface area contributed by atoms with Gasteiger partial charge in [-0.2, -0.15) is 0 Å². The first-order valence-corrected chi connectivity index (χ1v) is 11.7. The molecule has 0 fully saturated rings. The fourth-order valence-electron chi connectivity index (χ4n) is 4.94. The summed E-state index contributed by atoms with van der Waals surface area (Å²) >= 11 is 0. The third kappa shape index (κ3) is 4.62. The van der Waals surface area contributed by atoms with E-state index in [2.05, 4.69) is 29.6 Å². The van der Waals surface area contributed by atoms with Crippen molar-refractivity contribution in [1.29, 1.82) is 0 Å². The minimum atomic E-state index is -0.975. The molecule has 1 aliphatic carbocycles. The van der Waals surface area contributed by atoms with Gasteiger partial charge in [0.05, 0.1) is 5.56 Å². The van der Waals surface area contributed by atoms with Gasteiger partial charge in [-0.05, 0) is 51.9 Å². The highest BCUT2D eigenvalue weighted by Crippen LogP contribution is 2.44. The van der Waals surface area contributed by atoms with Crippen molar-refractivity contribution in [2.24, 2.45) is 0 Å². The molecule has 178 valence electrons. The van der Waals surface area contributed by atoms with Crippen LogP contribution in [0.3, 0.4) is 0 Å². The Morgan fingerprint density at radius 2 is 1.57 bits per heavy atom. The van der Waals surface area contributed by atoms with Crippen LogP contribution in [0.4, 0.5) is 4.79 Å². The number of rotatable bonds is 7. The lowest BCUT2D eigenvalue weighted by Gasteiger charge is -2.16. The lowest BCUT2D eigenvalue weighted by Crippen LogP contribution is -2.29. The minimum Gasteiger partial charge on any atom is -0.478 e. The molecule has 0 radical (unpaired) electrons. The van der Waals surface area contributed by atoms with Crippen LogP contribution in [0.1, 0.15) is 51.4 Å². The van der Waals surface area contributed by atoms with Gasteiger partial charge in [0.25, 0.3) is 0 Å². The van der Waals surface area contributed by atoms with Crippen molar-refractivity contribution in [3.05, 3.63) is 94.5 Å². The van der Waals surface area contributed by atoms with Gasteiger partial charge in [0, 0.05) is 32.0 Å². The third-order valence-electron chi connectivity index (χ3n) is 6.71. The van der Waals surface area contributed by atoms with Gasteiger partial charge in [-0.25, -0.2) is 9.59 Å². The predicted octanol–water partition coefficient (Wildman–Crippen LogP) is 4.55. The quantitative estimate of drug-likeness (QED) is 0.494. The summed E-state index contributed by atoms with van der Waals surface area (Å²) in [7, 11) is 0. The summed E-state index contributed by atoms with van der Waals surface area (Å²) in [5, 5.41) is 11.9. The Morgan fingerprint density at radius 1 is 0.914 bits per heavy atom. The molecule has 3 aromatic carbocycles. The number of alkyl carbamates (subject to hydrolysis) is 1. The van der Waals surface area contributed by atoms with Crippen molar-refractivity contribution >= 4 is 18.0 Å². The van der Waals surface area contributed by atoms with Crippen molar-refractivity contribution in [3.63, 3.8) is 0 Å². The molecule has 2 aliphatic rings.